The molecule has 0 aliphatic carbocycles. The van der Waals surface area contributed by atoms with Crippen LogP contribution in [0.1, 0.15) is 24.2 Å². The summed E-state index contributed by atoms with van der Waals surface area (Å²) in [6.45, 7) is 4.75. The minimum absolute atomic E-state index is 0.0161. The Labute approximate surface area is 126 Å². The number of hydrogen-bond donors (Lipinski definition) is 0. The van der Waals surface area contributed by atoms with Gasteiger partial charge in [-0.1, -0.05) is 0 Å². The maximum atomic E-state index is 12.5. The smallest absolute Gasteiger partial charge is 0.254 e. The molecule has 5 heteroatoms. The second-order valence-electron chi connectivity index (χ2n) is 5.25. The van der Waals surface area contributed by atoms with E-state index in [2.05, 4.69) is 22.6 Å². The van der Waals surface area contributed by atoms with Gasteiger partial charge >= 0.3 is 0 Å². The highest BCUT2D eigenvalue weighted by Crippen LogP contribution is 2.24. The van der Waals surface area contributed by atoms with Crippen molar-refractivity contribution in [1.29, 1.82) is 0 Å². The molecule has 0 aromatic heterocycles. The van der Waals surface area contributed by atoms with Crippen molar-refractivity contribution >= 4 is 34.4 Å². The third-order valence-electron chi connectivity index (χ3n) is 3.54. The molecule has 1 fully saturated rings. The van der Waals surface area contributed by atoms with Crippen LogP contribution in [0, 0.1) is 3.57 Å². The molecular weight excluding hydrogens is 355 g/mol. The Balaban J connectivity index is 2.28. The maximum absolute atomic E-state index is 12.5. The second-order valence-corrected chi connectivity index (χ2v) is 6.50. The summed E-state index contributed by atoms with van der Waals surface area (Å²) in [5.74, 6) is -0.0968. The van der Waals surface area contributed by atoms with E-state index in [4.69, 9.17) is 0 Å². The van der Waals surface area contributed by atoms with E-state index >= 15 is 0 Å². The number of carbonyl (C=O) groups is 2. The summed E-state index contributed by atoms with van der Waals surface area (Å²) >= 11 is 2.20. The fourth-order valence-electron chi connectivity index (χ4n) is 2.32. The molecule has 102 valence electrons. The Kier molecular flexibility index (Phi) is 3.85. The maximum Gasteiger partial charge on any atom is 0.254 e. The number of benzene rings is 1. The van der Waals surface area contributed by atoms with E-state index in [1.165, 1.54) is 0 Å². The van der Waals surface area contributed by atoms with Gasteiger partial charge in [-0.15, -0.1) is 0 Å². The third kappa shape index (κ3) is 2.61. The molecule has 1 aliphatic heterocycles. The van der Waals surface area contributed by atoms with Crippen LogP contribution in [0.3, 0.4) is 0 Å². The third-order valence-corrected chi connectivity index (χ3v) is 4.26. The van der Waals surface area contributed by atoms with Gasteiger partial charge in [0.25, 0.3) is 5.91 Å². The van der Waals surface area contributed by atoms with Crippen LogP contribution in [0.15, 0.2) is 24.3 Å². The highest BCUT2D eigenvalue weighted by Gasteiger charge is 2.43. The van der Waals surface area contributed by atoms with Crippen molar-refractivity contribution in [1.82, 2.24) is 9.80 Å². The molecule has 0 N–H and O–H groups in total. The molecule has 1 aromatic rings. The predicted octanol–water partition coefficient (Wildman–Crippen LogP) is 1.98. The minimum atomic E-state index is -0.785. The molecule has 0 unspecified atom stereocenters. The lowest BCUT2D eigenvalue weighted by Gasteiger charge is -2.44. The number of rotatable bonds is 1. The van der Waals surface area contributed by atoms with Gasteiger partial charge < -0.3 is 9.80 Å². The van der Waals surface area contributed by atoms with Gasteiger partial charge in [-0.25, -0.2) is 0 Å². The Hall–Kier alpha value is -1.11. The standard InChI is InChI=1S/C14H17IN2O2/c1-14(2)13(19)16(3)8-9-17(14)12(18)10-4-6-11(15)7-5-10/h4-7H,8-9H2,1-3H3. The van der Waals surface area contributed by atoms with E-state index in [1.54, 1.807) is 30.7 Å². The van der Waals surface area contributed by atoms with Crippen molar-refractivity contribution in [2.75, 3.05) is 20.1 Å². The number of halogens is 1. The molecule has 1 aromatic carbocycles. The second kappa shape index (κ2) is 5.11. The molecule has 1 aliphatic rings. The van der Waals surface area contributed by atoms with Gasteiger partial charge in [0.1, 0.15) is 5.54 Å². The summed E-state index contributed by atoms with van der Waals surface area (Å²) in [4.78, 5) is 28.1. The number of likely N-dealkylation sites (N-methyl/N-ethyl adjacent to an activating group) is 1. The molecule has 0 atom stereocenters. The average molecular weight is 372 g/mol. The molecule has 2 rings (SSSR count). The Morgan fingerprint density at radius 3 is 2.37 bits per heavy atom. The molecule has 0 spiro atoms. The van der Waals surface area contributed by atoms with Crippen LogP contribution in [0.2, 0.25) is 0 Å². The van der Waals surface area contributed by atoms with Crippen molar-refractivity contribution < 1.29 is 9.59 Å². The van der Waals surface area contributed by atoms with Crippen LogP contribution in [0.25, 0.3) is 0 Å². The number of piperazine rings is 1. The lowest BCUT2D eigenvalue weighted by Crippen LogP contribution is -2.63. The van der Waals surface area contributed by atoms with Gasteiger partial charge in [0.15, 0.2) is 0 Å². The van der Waals surface area contributed by atoms with Crippen LogP contribution in [-0.4, -0.2) is 47.3 Å². The van der Waals surface area contributed by atoms with Crippen LogP contribution >= 0.6 is 22.6 Å². The summed E-state index contributed by atoms with van der Waals surface area (Å²) in [6.07, 6.45) is 0. The van der Waals surface area contributed by atoms with Gasteiger partial charge in [-0.05, 0) is 60.7 Å². The Morgan fingerprint density at radius 1 is 1.21 bits per heavy atom. The largest absolute Gasteiger partial charge is 0.342 e. The Morgan fingerprint density at radius 2 is 1.79 bits per heavy atom. The molecule has 1 heterocycles. The van der Waals surface area contributed by atoms with Gasteiger partial charge in [-0.3, -0.25) is 9.59 Å². The van der Waals surface area contributed by atoms with E-state index in [-0.39, 0.29) is 11.8 Å². The zero-order valence-electron chi connectivity index (χ0n) is 11.3. The number of nitrogens with zero attached hydrogens (tertiary/aromatic N) is 2. The molecule has 0 saturated carbocycles. The summed E-state index contributed by atoms with van der Waals surface area (Å²) in [5.41, 5.74) is -0.154. The normalized spacial score (nSPS) is 18.6. The lowest BCUT2D eigenvalue weighted by molar-refractivity contribution is -0.144. The molecule has 19 heavy (non-hydrogen) atoms. The van der Waals surface area contributed by atoms with E-state index in [9.17, 15) is 9.59 Å². The Bertz CT molecular complexity index is 511. The summed E-state index contributed by atoms with van der Waals surface area (Å²) in [6, 6.07) is 7.42. The first-order valence-electron chi connectivity index (χ1n) is 6.17. The van der Waals surface area contributed by atoms with Gasteiger partial charge in [0, 0.05) is 29.3 Å². The monoisotopic (exact) mass is 372 g/mol. The number of amides is 2. The zero-order chi connectivity index (χ0) is 14.2. The van der Waals surface area contributed by atoms with Crippen LogP contribution in [0.5, 0.6) is 0 Å². The van der Waals surface area contributed by atoms with Gasteiger partial charge in [0.05, 0.1) is 0 Å². The van der Waals surface area contributed by atoms with Crippen molar-refractivity contribution in [3.05, 3.63) is 33.4 Å². The molecule has 4 nitrogen and oxygen atoms in total. The highest BCUT2D eigenvalue weighted by atomic mass is 127. The van der Waals surface area contributed by atoms with Crippen LogP contribution in [0.4, 0.5) is 0 Å². The average Bonchev–Trinajstić information content (AvgIpc) is 2.36. The molecule has 1 saturated heterocycles. The lowest BCUT2D eigenvalue weighted by atomic mass is 9.96. The summed E-state index contributed by atoms with van der Waals surface area (Å²) < 4.78 is 1.09. The molecule has 0 radical (unpaired) electrons. The SMILES string of the molecule is CN1CCN(C(=O)c2ccc(I)cc2)C(C)(C)C1=O. The van der Waals surface area contributed by atoms with Crippen molar-refractivity contribution in [3.63, 3.8) is 0 Å². The fraction of sp³-hybridized carbons (Fsp3) is 0.429. The topological polar surface area (TPSA) is 40.6 Å². The zero-order valence-corrected chi connectivity index (χ0v) is 13.5. The van der Waals surface area contributed by atoms with Crippen LogP contribution < -0.4 is 0 Å². The van der Waals surface area contributed by atoms with E-state index in [1.807, 2.05) is 24.3 Å². The highest BCUT2D eigenvalue weighted by molar-refractivity contribution is 14.1. The first kappa shape index (κ1) is 14.3. The fourth-order valence-corrected chi connectivity index (χ4v) is 2.68. The van der Waals surface area contributed by atoms with Crippen molar-refractivity contribution in [2.45, 2.75) is 19.4 Å². The molecule has 2 amide bonds. The predicted molar refractivity (Wildman–Crippen MR) is 81.9 cm³/mol. The van der Waals surface area contributed by atoms with Crippen molar-refractivity contribution in [3.8, 4) is 0 Å². The van der Waals surface area contributed by atoms with Crippen molar-refractivity contribution in [2.24, 2.45) is 0 Å². The number of hydrogen-bond acceptors (Lipinski definition) is 2. The van der Waals surface area contributed by atoms with E-state index in [0.717, 1.165) is 3.57 Å². The summed E-state index contributed by atoms with van der Waals surface area (Å²) in [7, 11) is 1.77. The van der Waals surface area contributed by atoms with Gasteiger partial charge in [0.2, 0.25) is 5.91 Å². The first-order chi connectivity index (χ1) is 8.84. The number of carbonyl (C=O) groups excluding carboxylic acids is 2. The quantitative estimate of drug-likeness (QED) is 0.708. The molecular formula is C14H17IN2O2. The minimum Gasteiger partial charge on any atom is -0.342 e. The van der Waals surface area contributed by atoms with Crippen LogP contribution in [-0.2, 0) is 4.79 Å². The molecule has 0 bridgehead atoms. The van der Waals surface area contributed by atoms with E-state index < -0.39 is 5.54 Å². The summed E-state index contributed by atoms with van der Waals surface area (Å²) in [5, 5.41) is 0. The first-order valence-corrected chi connectivity index (χ1v) is 7.25. The van der Waals surface area contributed by atoms with Gasteiger partial charge in [-0.2, -0.15) is 0 Å². The van der Waals surface area contributed by atoms with E-state index in [0.29, 0.717) is 18.7 Å².